The van der Waals surface area contributed by atoms with Crippen LogP contribution in [0.5, 0.6) is 5.75 Å². The number of nitrogens with one attached hydrogen (secondary N) is 1. The maximum Gasteiger partial charge on any atom is 0.260 e. The molecule has 3 aromatic carbocycles. The predicted molar refractivity (Wildman–Crippen MR) is 107 cm³/mol. The van der Waals surface area contributed by atoms with Crippen molar-refractivity contribution in [1.29, 1.82) is 0 Å². The molecule has 4 nitrogen and oxygen atoms in total. The smallest absolute Gasteiger partial charge is 0.260 e. The zero-order chi connectivity index (χ0) is 19.3. The monoisotopic (exact) mass is 379 g/mol. The van der Waals surface area contributed by atoms with E-state index in [-0.39, 0.29) is 18.3 Å². The lowest BCUT2D eigenvalue weighted by atomic mass is 10.1. The number of benzene rings is 3. The quantitative estimate of drug-likeness (QED) is 0.738. The van der Waals surface area contributed by atoms with Crippen LogP contribution in [0.4, 0.5) is 4.39 Å². The average molecular weight is 379 g/mol. The van der Waals surface area contributed by atoms with Crippen LogP contribution >= 0.6 is 0 Å². The molecule has 0 aromatic heterocycles. The first-order valence-electron chi connectivity index (χ1n) is 9.65. The lowest BCUT2D eigenvalue weighted by Crippen LogP contribution is -3.13. The summed E-state index contributed by atoms with van der Waals surface area (Å²) in [6, 6.07) is 20.7. The Morgan fingerprint density at radius 1 is 0.964 bits per heavy atom. The molecule has 3 aromatic rings. The van der Waals surface area contributed by atoms with Crippen LogP contribution in [0, 0.1) is 5.82 Å². The van der Waals surface area contributed by atoms with E-state index in [0.29, 0.717) is 18.8 Å². The lowest BCUT2D eigenvalue weighted by Gasteiger charge is -2.32. The molecule has 144 valence electrons. The van der Waals surface area contributed by atoms with Crippen molar-refractivity contribution >= 4 is 16.7 Å². The van der Waals surface area contributed by atoms with Gasteiger partial charge in [-0.1, -0.05) is 42.5 Å². The van der Waals surface area contributed by atoms with Gasteiger partial charge in [-0.15, -0.1) is 0 Å². The van der Waals surface area contributed by atoms with E-state index in [1.807, 2.05) is 47.4 Å². The molecule has 0 atom stereocenters. The number of carbonyl (C=O) groups excluding carboxylic acids is 1. The Labute approximate surface area is 164 Å². The van der Waals surface area contributed by atoms with Crippen LogP contribution in [-0.4, -0.2) is 43.6 Å². The standard InChI is InChI=1S/C23H23FN2O2/c24-21-7-3-4-18(14-21)16-25-10-12-26(13-11-25)23(27)17-28-22-9-8-19-5-1-2-6-20(19)15-22/h1-9,14-15H,10-13,16-17H2/p+1. The SMILES string of the molecule is O=C(COc1ccc2ccccc2c1)N1CC[NH+](Cc2cccc(F)c2)CC1. The first kappa shape index (κ1) is 18.4. The minimum atomic E-state index is -0.198. The number of fused-ring (bicyclic) bond motifs is 1. The van der Waals surface area contributed by atoms with Gasteiger partial charge in [-0.3, -0.25) is 4.79 Å². The first-order valence-corrected chi connectivity index (χ1v) is 9.65. The molecule has 4 rings (SSSR count). The van der Waals surface area contributed by atoms with Gasteiger partial charge in [-0.05, 0) is 35.0 Å². The molecular weight excluding hydrogens is 355 g/mol. The number of rotatable bonds is 5. The highest BCUT2D eigenvalue weighted by molar-refractivity contribution is 5.84. The maximum absolute atomic E-state index is 13.3. The lowest BCUT2D eigenvalue weighted by molar-refractivity contribution is -0.917. The van der Waals surface area contributed by atoms with Crippen LogP contribution in [0.3, 0.4) is 0 Å². The molecular formula is C23H24FN2O2+. The number of quaternary nitrogens is 1. The number of piperazine rings is 1. The molecule has 1 heterocycles. The fourth-order valence-corrected chi connectivity index (χ4v) is 3.68. The number of nitrogens with zero attached hydrogens (tertiary/aromatic N) is 1. The predicted octanol–water partition coefficient (Wildman–Crippen LogP) is 2.29. The number of hydrogen-bond acceptors (Lipinski definition) is 2. The van der Waals surface area contributed by atoms with Gasteiger partial charge in [0.25, 0.3) is 5.91 Å². The number of hydrogen-bond donors (Lipinski definition) is 1. The van der Waals surface area contributed by atoms with E-state index in [9.17, 15) is 9.18 Å². The molecule has 1 aliphatic rings. The van der Waals surface area contributed by atoms with Crippen LogP contribution in [0.15, 0.2) is 66.7 Å². The van der Waals surface area contributed by atoms with Crippen molar-refractivity contribution in [3.8, 4) is 5.75 Å². The van der Waals surface area contributed by atoms with Crippen molar-refractivity contribution in [1.82, 2.24) is 4.90 Å². The van der Waals surface area contributed by atoms with E-state index in [1.54, 1.807) is 12.1 Å². The van der Waals surface area contributed by atoms with Crippen LogP contribution in [-0.2, 0) is 11.3 Å². The van der Waals surface area contributed by atoms with Crippen molar-refractivity contribution in [3.63, 3.8) is 0 Å². The van der Waals surface area contributed by atoms with Gasteiger partial charge in [0.2, 0.25) is 0 Å². The summed E-state index contributed by atoms with van der Waals surface area (Å²) in [6.07, 6.45) is 0. The van der Waals surface area contributed by atoms with E-state index in [0.717, 1.165) is 36.0 Å². The van der Waals surface area contributed by atoms with E-state index in [4.69, 9.17) is 4.74 Å². The molecule has 0 saturated carbocycles. The largest absolute Gasteiger partial charge is 0.484 e. The molecule has 1 amide bonds. The Bertz CT molecular complexity index is 967. The minimum Gasteiger partial charge on any atom is -0.484 e. The Balaban J connectivity index is 1.26. The first-order chi connectivity index (χ1) is 13.7. The molecule has 5 heteroatoms. The highest BCUT2D eigenvalue weighted by Gasteiger charge is 2.24. The summed E-state index contributed by atoms with van der Waals surface area (Å²) in [5, 5.41) is 2.25. The van der Waals surface area contributed by atoms with Gasteiger partial charge in [0.05, 0.1) is 26.2 Å². The Morgan fingerprint density at radius 2 is 1.75 bits per heavy atom. The zero-order valence-electron chi connectivity index (χ0n) is 15.7. The summed E-state index contributed by atoms with van der Waals surface area (Å²) in [4.78, 5) is 15.7. The molecule has 1 saturated heterocycles. The summed E-state index contributed by atoms with van der Waals surface area (Å²) in [5.74, 6) is 0.525. The highest BCUT2D eigenvalue weighted by Crippen LogP contribution is 2.20. The highest BCUT2D eigenvalue weighted by atomic mass is 19.1. The molecule has 1 N–H and O–H groups in total. The van der Waals surface area contributed by atoms with Crippen molar-refractivity contribution in [2.45, 2.75) is 6.54 Å². The van der Waals surface area contributed by atoms with Gasteiger partial charge < -0.3 is 14.5 Å². The molecule has 28 heavy (non-hydrogen) atoms. The Morgan fingerprint density at radius 3 is 2.54 bits per heavy atom. The average Bonchev–Trinajstić information content (AvgIpc) is 2.72. The Hall–Kier alpha value is -2.92. The number of ether oxygens (including phenoxy) is 1. The molecule has 0 bridgehead atoms. The fraction of sp³-hybridized carbons (Fsp3) is 0.261. The van der Waals surface area contributed by atoms with Crippen molar-refractivity contribution in [2.75, 3.05) is 32.8 Å². The van der Waals surface area contributed by atoms with Gasteiger partial charge >= 0.3 is 0 Å². The van der Waals surface area contributed by atoms with Gasteiger partial charge in [-0.25, -0.2) is 4.39 Å². The third-order valence-electron chi connectivity index (χ3n) is 5.25. The molecule has 1 aliphatic heterocycles. The second-order valence-electron chi connectivity index (χ2n) is 7.24. The van der Waals surface area contributed by atoms with Crippen LogP contribution in [0.25, 0.3) is 10.8 Å². The van der Waals surface area contributed by atoms with Crippen LogP contribution < -0.4 is 9.64 Å². The van der Waals surface area contributed by atoms with Gasteiger partial charge in [0.15, 0.2) is 6.61 Å². The Kier molecular flexibility index (Phi) is 5.53. The van der Waals surface area contributed by atoms with Crippen LogP contribution in [0.1, 0.15) is 5.56 Å². The van der Waals surface area contributed by atoms with Crippen molar-refractivity contribution in [2.24, 2.45) is 0 Å². The van der Waals surface area contributed by atoms with Gasteiger partial charge in [0.1, 0.15) is 18.1 Å². The van der Waals surface area contributed by atoms with Gasteiger partial charge in [-0.2, -0.15) is 0 Å². The third kappa shape index (κ3) is 4.49. The molecule has 0 radical (unpaired) electrons. The summed E-state index contributed by atoms with van der Waals surface area (Å²) in [5.41, 5.74) is 0.995. The summed E-state index contributed by atoms with van der Waals surface area (Å²) >= 11 is 0. The molecule has 1 fully saturated rings. The summed E-state index contributed by atoms with van der Waals surface area (Å²) < 4.78 is 19.0. The second-order valence-corrected chi connectivity index (χ2v) is 7.24. The second kappa shape index (κ2) is 8.40. The normalized spacial score (nSPS) is 15.0. The van der Waals surface area contributed by atoms with Gasteiger partial charge in [0, 0.05) is 5.56 Å². The molecule has 0 unspecified atom stereocenters. The number of carbonyl (C=O) groups is 1. The fourth-order valence-electron chi connectivity index (χ4n) is 3.68. The maximum atomic E-state index is 13.3. The molecule has 0 aliphatic carbocycles. The third-order valence-corrected chi connectivity index (χ3v) is 5.25. The van der Waals surface area contributed by atoms with E-state index in [1.165, 1.54) is 11.0 Å². The molecule has 0 spiro atoms. The van der Waals surface area contributed by atoms with E-state index in [2.05, 4.69) is 6.07 Å². The topological polar surface area (TPSA) is 34.0 Å². The summed E-state index contributed by atoms with van der Waals surface area (Å²) in [6.45, 7) is 3.95. The van der Waals surface area contributed by atoms with E-state index < -0.39 is 0 Å². The van der Waals surface area contributed by atoms with Crippen LogP contribution in [0.2, 0.25) is 0 Å². The number of amides is 1. The van der Waals surface area contributed by atoms with Crippen molar-refractivity contribution < 1.29 is 18.8 Å². The minimum absolute atomic E-state index is 0.0120. The van der Waals surface area contributed by atoms with E-state index >= 15 is 0 Å². The van der Waals surface area contributed by atoms with Crippen molar-refractivity contribution in [3.05, 3.63) is 78.1 Å². The summed E-state index contributed by atoms with van der Waals surface area (Å²) in [7, 11) is 0. The number of halogens is 1. The zero-order valence-corrected chi connectivity index (χ0v) is 15.7.